The lowest BCUT2D eigenvalue weighted by molar-refractivity contribution is -0.922. The third-order valence-electron chi connectivity index (χ3n) is 4.82. The summed E-state index contributed by atoms with van der Waals surface area (Å²) in [5, 5.41) is 20.2. The molecule has 3 N–H and O–H groups in total. The van der Waals surface area contributed by atoms with Crippen LogP contribution in [0, 0.1) is 0 Å². The Hall–Kier alpha value is -0.610. The van der Waals surface area contributed by atoms with Crippen molar-refractivity contribution in [1.29, 1.82) is 0 Å². The second-order valence-corrected chi connectivity index (χ2v) is 11.3. The Morgan fingerprint density at radius 1 is 1.00 bits per heavy atom. The number of nitrogens with zero attached hydrogens (tertiary/aromatic N) is 1. The molecule has 0 bridgehead atoms. The molecule has 0 radical (unpaired) electrons. The molecular formula is C21H34Cl3NO8P+. The topological polar surface area (TPSA) is 123 Å². The van der Waals surface area contributed by atoms with E-state index < -0.39 is 32.5 Å². The average Bonchev–Trinajstić information content (AvgIpc) is 2.72. The van der Waals surface area contributed by atoms with E-state index in [4.69, 9.17) is 53.7 Å². The van der Waals surface area contributed by atoms with Crippen molar-refractivity contribution < 1.29 is 42.7 Å². The number of carboxylic acids is 1. The summed E-state index contributed by atoms with van der Waals surface area (Å²) >= 11 is 18.0. The largest absolute Gasteiger partial charge is 0.492 e. The van der Waals surface area contributed by atoms with E-state index in [-0.39, 0.29) is 16.1 Å². The molecule has 0 amide bonds. The van der Waals surface area contributed by atoms with Gasteiger partial charge in [-0.25, -0.2) is 4.57 Å². The van der Waals surface area contributed by atoms with E-state index in [0.29, 0.717) is 28.8 Å². The van der Waals surface area contributed by atoms with Crippen LogP contribution in [-0.4, -0.2) is 72.2 Å². The molecule has 3 atom stereocenters. The zero-order valence-electron chi connectivity index (χ0n) is 19.6. The predicted molar refractivity (Wildman–Crippen MR) is 132 cm³/mol. The highest BCUT2D eigenvalue weighted by Crippen LogP contribution is 2.46. The summed E-state index contributed by atoms with van der Waals surface area (Å²) in [6, 6.07) is 3.30. The Morgan fingerprint density at radius 3 is 2.12 bits per heavy atom. The highest BCUT2D eigenvalue weighted by Gasteiger charge is 2.39. The molecule has 34 heavy (non-hydrogen) atoms. The Balaban J connectivity index is 2.23. The van der Waals surface area contributed by atoms with E-state index in [1.54, 1.807) is 33.3 Å². The molecule has 0 spiro atoms. The van der Waals surface area contributed by atoms with Crippen LogP contribution in [0.4, 0.5) is 0 Å². The van der Waals surface area contributed by atoms with Gasteiger partial charge < -0.3 is 24.3 Å². The van der Waals surface area contributed by atoms with Gasteiger partial charge in [0.15, 0.2) is 6.10 Å². The number of aliphatic carboxylic acids is 1. The van der Waals surface area contributed by atoms with Crippen LogP contribution in [-0.2, 0) is 18.4 Å². The minimum Gasteiger partial charge on any atom is -0.492 e. The number of hydrogen-bond acceptors (Lipinski definition) is 6. The first-order valence-electron chi connectivity index (χ1n) is 10.9. The zero-order valence-corrected chi connectivity index (χ0v) is 22.7. The average molecular weight is 566 g/mol. The second kappa shape index (κ2) is 14.8. The molecule has 0 aromatic heterocycles. The summed E-state index contributed by atoms with van der Waals surface area (Å²) in [4.78, 5) is 21.0. The summed E-state index contributed by atoms with van der Waals surface area (Å²) in [7, 11) is 0.318. The van der Waals surface area contributed by atoms with Crippen molar-refractivity contribution in [2.45, 2.75) is 57.3 Å². The Morgan fingerprint density at radius 2 is 1.56 bits per heavy atom. The lowest BCUT2D eigenvalue weighted by atomic mass is 10.1. The Bertz CT molecular complexity index is 837. The first kappa shape index (κ1) is 31.4. The summed E-state index contributed by atoms with van der Waals surface area (Å²) < 4.78 is 27.7. The van der Waals surface area contributed by atoms with Gasteiger partial charge >= 0.3 is 13.8 Å². The Labute approximate surface area is 215 Å². The molecule has 13 heteroatoms. The number of aliphatic hydroxyl groups is 1. The van der Waals surface area contributed by atoms with Crippen LogP contribution in [0.1, 0.15) is 44.9 Å². The van der Waals surface area contributed by atoms with Crippen molar-refractivity contribution in [3.05, 3.63) is 27.2 Å². The quantitative estimate of drug-likeness (QED) is 0.0758. The molecule has 196 valence electrons. The molecule has 9 nitrogen and oxygen atoms in total. The van der Waals surface area contributed by atoms with Crippen molar-refractivity contribution in [1.82, 2.24) is 0 Å². The number of carbonyl (C=O) groups is 1. The highest BCUT2D eigenvalue weighted by atomic mass is 35.5. The van der Waals surface area contributed by atoms with Gasteiger partial charge in [-0.05, 0) is 25.0 Å². The van der Waals surface area contributed by atoms with Gasteiger partial charge in [0.25, 0.3) is 0 Å². The first-order chi connectivity index (χ1) is 15.7. The molecule has 1 aromatic carbocycles. The number of quaternary nitrogens is 1. The van der Waals surface area contributed by atoms with E-state index in [1.165, 1.54) is 0 Å². The van der Waals surface area contributed by atoms with Gasteiger partial charge in [0.2, 0.25) is 6.23 Å². The van der Waals surface area contributed by atoms with Gasteiger partial charge in [0.1, 0.15) is 10.8 Å². The van der Waals surface area contributed by atoms with E-state index in [9.17, 15) is 19.4 Å². The molecule has 0 saturated carbocycles. The molecule has 0 heterocycles. The van der Waals surface area contributed by atoms with Crippen LogP contribution in [0.2, 0.25) is 15.1 Å². The number of ether oxygens (including phenoxy) is 1. The molecule has 0 saturated heterocycles. The van der Waals surface area contributed by atoms with Gasteiger partial charge in [-0.2, -0.15) is 0 Å². The highest BCUT2D eigenvalue weighted by molar-refractivity contribution is 7.47. The van der Waals surface area contributed by atoms with Gasteiger partial charge in [-0.3, -0.25) is 13.8 Å². The summed E-state index contributed by atoms with van der Waals surface area (Å²) in [6.07, 6.45) is 1.56. The lowest BCUT2D eigenvalue weighted by Gasteiger charge is -2.34. The fourth-order valence-electron chi connectivity index (χ4n) is 2.96. The molecule has 0 aliphatic rings. The fraction of sp³-hybridized carbons (Fsp3) is 0.667. The summed E-state index contributed by atoms with van der Waals surface area (Å²) in [5.41, 5.74) is 0. The van der Waals surface area contributed by atoms with Crippen LogP contribution in [0.3, 0.4) is 0 Å². The standard InChI is InChI=1S/C21H33Cl3NO8P/c1-25(2,3)21(28)17(14-18(26)27)33-34(29,30)32-13-9-7-5-4-6-8-12-31-16-11-10-15(22)19(23)20(16)24/h10-11,17,21,28H,4-9,12-14H2,1-3H3,(H-,26,27,29,30)/p+1/t17-,21?/m1/s1. The number of phosphoric ester groups is 1. The minimum absolute atomic E-state index is 0.0209. The van der Waals surface area contributed by atoms with E-state index >= 15 is 0 Å². The predicted octanol–water partition coefficient (Wildman–Crippen LogP) is 5.37. The smallest absolute Gasteiger partial charge is 0.472 e. The number of unbranched alkanes of at least 4 members (excludes halogenated alkanes) is 5. The Kier molecular flexibility index (Phi) is 13.7. The maximum absolute atomic E-state index is 12.2. The molecular weight excluding hydrogens is 532 g/mol. The molecule has 1 rings (SSSR count). The van der Waals surface area contributed by atoms with E-state index in [1.807, 2.05) is 0 Å². The monoisotopic (exact) mass is 564 g/mol. The van der Waals surface area contributed by atoms with Crippen molar-refractivity contribution in [3.63, 3.8) is 0 Å². The van der Waals surface area contributed by atoms with Crippen molar-refractivity contribution in [3.8, 4) is 5.75 Å². The van der Waals surface area contributed by atoms with Gasteiger partial charge in [0.05, 0.1) is 50.8 Å². The molecule has 1 aromatic rings. The van der Waals surface area contributed by atoms with Gasteiger partial charge in [-0.1, -0.05) is 60.5 Å². The van der Waals surface area contributed by atoms with Crippen LogP contribution < -0.4 is 4.74 Å². The number of hydrogen-bond donors (Lipinski definition) is 3. The third kappa shape index (κ3) is 11.9. The number of aliphatic hydroxyl groups excluding tert-OH is 1. The number of benzene rings is 1. The van der Waals surface area contributed by atoms with Crippen molar-refractivity contribution in [2.75, 3.05) is 34.4 Å². The van der Waals surface area contributed by atoms with Crippen LogP contribution in [0.25, 0.3) is 0 Å². The van der Waals surface area contributed by atoms with E-state index in [2.05, 4.69) is 0 Å². The van der Waals surface area contributed by atoms with Gasteiger partial charge in [0, 0.05) is 0 Å². The van der Waals surface area contributed by atoms with Gasteiger partial charge in [-0.15, -0.1) is 0 Å². The summed E-state index contributed by atoms with van der Waals surface area (Å²) in [6.45, 7) is 0.468. The first-order valence-corrected chi connectivity index (χ1v) is 13.5. The number of phosphoric acid groups is 1. The molecule has 0 aliphatic carbocycles. The number of likely N-dealkylation sites (N-methyl/N-ethyl adjacent to an activating group) is 1. The second-order valence-electron chi connectivity index (χ2n) is 8.72. The zero-order chi connectivity index (χ0) is 25.9. The van der Waals surface area contributed by atoms with Crippen molar-refractivity contribution >= 4 is 48.6 Å². The van der Waals surface area contributed by atoms with E-state index in [0.717, 1.165) is 32.1 Å². The number of halogens is 3. The normalized spacial score (nSPS) is 15.5. The molecule has 0 fully saturated rings. The molecule has 2 unspecified atom stereocenters. The van der Waals surface area contributed by atoms with Crippen molar-refractivity contribution in [2.24, 2.45) is 0 Å². The maximum Gasteiger partial charge on any atom is 0.472 e. The van der Waals surface area contributed by atoms with Crippen LogP contribution in [0.5, 0.6) is 5.75 Å². The molecule has 0 aliphatic heterocycles. The number of rotatable bonds is 17. The number of carboxylic acid groups (broad SMARTS) is 1. The minimum atomic E-state index is -4.52. The third-order valence-corrected chi connectivity index (χ3v) is 7.14. The SMILES string of the molecule is C[N+](C)(C)C(O)[C@@H](CC(=O)O)OP(=O)(O)OCCCCCCCCOc1ccc(Cl)c(Cl)c1Cl. The lowest BCUT2D eigenvalue weighted by Crippen LogP contribution is -2.52. The maximum atomic E-state index is 12.2. The van der Waals surface area contributed by atoms with Crippen LogP contribution >= 0.6 is 42.6 Å². The van der Waals surface area contributed by atoms with Crippen LogP contribution in [0.15, 0.2) is 12.1 Å². The summed E-state index contributed by atoms with van der Waals surface area (Å²) in [5.74, 6) is -0.772. The fourth-order valence-corrected chi connectivity index (χ4v) is 4.49.